The molecular formula is C31H30ClNO4. The summed E-state index contributed by atoms with van der Waals surface area (Å²) in [5.41, 5.74) is 4.93. The molecule has 3 aromatic carbocycles. The van der Waals surface area contributed by atoms with Crippen LogP contribution in [0, 0.1) is 18.8 Å². The number of aryl methyl sites for hydroxylation is 1. The Morgan fingerprint density at radius 1 is 1.00 bits per heavy atom. The number of likely N-dealkylation sites (tertiary alicyclic amines) is 1. The maximum atomic E-state index is 10.8. The van der Waals surface area contributed by atoms with Crippen molar-refractivity contribution in [2.24, 2.45) is 0 Å². The van der Waals surface area contributed by atoms with Gasteiger partial charge in [-0.1, -0.05) is 47.7 Å². The molecular weight excluding hydrogens is 486 g/mol. The van der Waals surface area contributed by atoms with Gasteiger partial charge in [0.15, 0.2) is 6.61 Å². The number of halogens is 1. The molecule has 4 rings (SSSR count). The molecule has 0 saturated carbocycles. The fourth-order valence-electron chi connectivity index (χ4n) is 4.19. The third kappa shape index (κ3) is 7.88. The highest BCUT2D eigenvalue weighted by molar-refractivity contribution is 6.30. The van der Waals surface area contributed by atoms with Gasteiger partial charge in [0.05, 0.1) is 6.54 Å². The van der Waals surface area contributed by atoms with E-state index in [4.69, 9.17) is 26.2 Å². The van der Waals surface area contributed by atoms with Crippen molar-refractivity contribution in [2.75, 3.05) is 32.8 Å². The Kier molecular flexibility index (Phi) is 9.26. The molecule has 0 radical (unpaired) electrons. The van der Waals surface area contributed by atoms with Gasteiger partial charge in [0.2, 0.25) is 0 Å². The standard InChI is InChI=1S/C31H30ClNO4/c1-23-21-28(14-15-30(23)37-22-31(34)35)36-20-16-29(26-10-12-27(32)13-11-26)25-8-6-24(7-9-25)5-4-19-33-17-2-3-18-33/h6-16,21H,2-3,17-20,22H2,1H3,(H,34,35)/b29-16-. The van der Waals surface area contributed by atoms with E-state index in [1.165, 1.54) is 12.8 Å². The lowest BCUT2D eigenvalue weighted by Crippen LogP contribution is -2.18. The van der Waals surface area contributed by atoms with Crippen LogP contribution in [-0.2, 0) is 4.79 Å². The number of benzene rings is 3. The zero-order valence-electron chi connectivity index (χ0n) is 20.9. The molecule has 1 aliphatic rings. The van der Waals surface area contributed by atoms with Crippen molar-refractivity contribution in [3.05, 3.63) is 100 Å². The van der Waals surface area contributed by atoms with Crippen LogP contribution in [0.3, 0.4) is 0 Å². The summed E-state index contributed by atoms with van der Waals surface area (Å²) in [6, 6.07) is 21.3. The molecule has 1 N–H and O–H groups in total. The molecule has 0 aliphatic carbocycles. The Morgan fingerprint density at radius 2 is 1.68 bits per heavy atom. The van der Waals surface area contributed by atoms with Gasteiger partial charge in [0.25, 0.3) is 0 Å². The van der Waals surface area contributed by atoms with E-state index >= 15 is 0 Å². The maximum Gasteiger partial charge on any atom is 0.341 e. The average Bonchev–Trinajstić information content (AvgIpc) is 3.41. The fraction of sp³-hybridized carbons (Fsp3) is 0.258. The van der Waals surface area contributed by atoms with Crippen molar-refractivity contribution in [3.8, 4) is 23.3 Å². The van der Waals surface area contributed by atoms with Crippen molar-refractivity contribution >= 4 is 23.1 Å². The van der Waals surface area contributed by atoms with Gasteiger partial charge >= 0.3 is 5.97 Å². The number of carbonyl (C=O) groups is 1. The van der Waals surface area contributed by atoms with Crippen molar-refractivity contribution in [3.63, 3.8) is 0 Å². The van der Waals surface area contributed by atoms with E-state index in [9.17, 15) is 4.79 Å². The number of nitrogens with zero attached hydrogens (tertiary/aromatic N) is 1. The van der Waals surface area contributed by atoms with Crippen LogP contribution in [-0.4, -0.2) is 48.8 Å². The molecule has 1 aliphatic heterocycles. The number of hydrogen-bond acceptors (Lipinski definition) is 4. The van der Waals surface area contributed by atoms with Crippen LogP contribution in [0.25, 0.3) is 5.57 Å². The third-order valence-electron chi connectivity index (χ3n) is 6.12. The maximum absolute atomic E-state index is 10.8. The predicted octanol–water partition coefficient (Wildman–Crippen LogP) is 6.07. The smallest absolute Gasteiger partial charge is 0.341 e. The zero-order chi connectivity index (χ0) is 26.0. The Hall–Kier alpha value is -3.72. The first-order valence-electron chi connectivity index (χ1n) is 12.3. The molecule has 0 spiro atoms. The lowest BCUT2D eigenvalue weighted by atomic mass is 9.97. The summed E-state index contributed by atoms with van der Waals surface area (Å²) in [7, 11) is 0. The molecule has 0 aromatic heterocycles. The Balaban J connectivity index is 1.47. The van der Waals surface area contributed by atoms with E-state index < -0.39 is 5.97 Å². The van der Waals surface area contributed by atoms with Crippen molar-refractivity contribution in [1.82, 2.24) is 4.90 Å². The molecule has 0 bridgehead atoms. The highest BCUT2D eigenvalue weighted by Crippen LogP contribution is 2.27. The second kappa shape index (κ2) is 13.0. The van der Waals surface area contributed by atoms with Crippen LogP contribution in [0.5, 0.6) is 11.5 Å². The number of hydrogen-bond donors (Lipinski definition) is 1. The van der Waals surface area contributed by atoms with Crippen LogP contribution in [0.4, 0.5) is 0 Å². The summed E-state index contributed by atoms with van der Waals surface area (Å²) < 4.78 is 11.3. The topological polar surface area (TPSA) is 59.0 Å². The molecule has 1 saturated heterocycles. The molecule has 190 valence electrons. The lowest BCUT2D eigenvalue weighted by molar-refractivity contribution is -0.139. The minimum Gasteiger partial charge on any atom is -0.489 e. The van der Waals surface area contributed by atoms with Crippen LogP contribution in [0.15, 0.2) is 72.8 Å². The second-order valence-corrected chi connectivity index (χ2v) is 9.34. The van der Waals surface area contributed by atoms with E-state index in [1.807, 2.05) is 43.3 Å². The van der Waals surface area contributed by atoms with Crippen LogP contribution < -0.4 is 9.47 Å². The summed E-state index contributed by atoms with van der Waals surface area (Å²) in [5.74, 6) is 6.76. The summed E-state index contributed by atoms with van der Waals surface area (Å²) in [6.45, 7) is 4.94. The molecule has 0 atom stereocenters. The fourth-order valence-corrected chi connectivity index (χ4v) is 4.32. The largest absolute Gasteiger partial charge is 0.489 e. The molecule has 1 heterocycles. The van der Waals surface area contributed by atoms with Gasteiger partial charge in [-0.05, 0) is 104 Å². The van der Waals surface area contributed by atoms with Gasteiger partial charge < -0.3 is 14.6 Å². The monoisotopic (exact) mass is 515 g/mol. The summed E-state index contributed by atoms with van der Waals surface area (Å²) in [6.07, 6.45) is 4.58. The van der Waals surface area contributed by atoms with E-state index in [1.54, 1.807) is 12.1 Å². The molecule has 1 fully saturated rings. The Labute approximate surface area is 223 Å². The van der Waals surface area contributed by atoms with Gasteiger partial charge in [-0.3, -0.25) is 4.90 Å². The van der Waals surface area contributed by atoms with E-state index in [-0.39, 0.29) is 6.61 Å². The average molecular weight is 516 g/mol. The van der Waals surface area contributed by atoms with E-state index in [0.717, 1.165) is 47.5 Å². The quantitative estimate of drug-likeness (QED) is 0.350. The molecule has 0 unspecified atom stereocenters. The first kappa shape index (κ1) is 26.3. The molecule has 5 nitrogen and oxygen atoms in total. The number of aliphatic carboxylic acids is 1. The van der Waals surface area contributed by atoms with Crippen molar-refractivity contribution in [2.45, 2.75) is 19.8 Å². The van der Waals surface area contributed by atoms with Gasteiger partial charge in [-0.15, -0.1) is 0 Å². The van der Waals surface area contributed by atoms with Gasteiger partial charge in [-0.2, -0.15) is 0 Å². The zero-order valence-corrected chi connectivity index (χ0v) is 21.6. The molecule has 37 heavy (non-hydrogen) atoms. The highest BCUT2D eigenvalue weighted by atomic mass is 35.5. The lowest BCUT2D eigenvalue weighted by Gasteiger charge is -2.12. The van der Waals surface area contributed by atoms with Gasteiger partial charge in [-0.25, -0.2) is 4.79 Å². The molecule has 6 heteroatoms. The summed E-state index contributed by atoms with van der Waals surface area (Å²) >= 11 is 6.12. The van der Waals surface area contributed by atoms with Crippen molar-refractivity contribution in [1.29, 1.82) is 0 Å². The third-order valence-corrected chi connectivity index (χ3v) is 6.37. The first-order valence-corrected chi connectivity index (χ1v) is 12.7. The predicted molar refractivity (Wildman–Crippen MR) is 147 cm³/mol. The number of rotatable bonds is 9. The Bertz CT molecular complexity index is 1300. The highest BCUT2D eigenvalue weighted by Gasteiger charge is 2.09. The van der Waals surface area contributed by atoms with Crippen LogP contribution >= 0.6 is 11.6 Å². The van der Waals surface area contributed by atoms with Crippen LogP contribution in [0.2, 0.25) is 5.02 Å². The SMILES string of the molecule is Cc1cc(OC/C=C(\c2ccc(Cl)cc2)c2ccc(C#CCN3CCCC3)cc2)ccc1OCC(=O)O. The normalized spacial score (nSPS) is 13.6. The number of ether oxygens (including phenoxy) is 2. The van der Waals surface area contributed by atoms with Gasteiger partial charge in [0.1, 0.15) is 18.1 Å². The minimum atomic E-state index is -1.01. The van der Waals surface area contributed by atoms with Gasteiger partial charge in [0, 0.05) is 10.6 Å². The molecule has 3 aromatic rings. The molecule has 0 amide bonds. The second-order valence-electron chi connectivity index (χ2n) is 8.91. The van der Waals surface area contributed by atoms with E-state index in [0.29, 0.717) is 23.1 Å². The number of carboxylic acids is 1. The first-order chi connectivity index (χ1) is 18.0. The summed E-state index contributed by atoms with van der Waals surface area (Å²) in [5, 5.41) is 9.50. The minimum absolute atomic E-state index is 0.351. The van der Waals surface area contributed by atoms with Crippen LogP contribution in [0.1, 0.15) is 35.1 Å². The van der Waals surface area contributed by atoms with Crippen molar-refractivity contribution < 1.29 is 19.4 Å². The Morgan fingerprint density at radius 3 is 2.32 bits per heavy atom. The van der Waals surface area contributed by atoms with E-state index in [2.05, 4.69) is 41.0 Å². The summed E-state index contributed by atoms with van der Waals surface area (Å²) in [4.78, 5) is 13.1. The number of carboxylic acid groups (broad SMARTS) is 1.